The standard InChI is InChI=1S/C17H17FN2O2S/c18-13-4-1-11(2-5-13)8-16-19-9-15(23-16)17(22)20-14-6-3-12(7-14)10-21/h1-6,9,12,14,21H,7-8,10H2,(H,20,22)/t12-,14+/m0/s1. The molecule has 1 aromatic carbocycles. The van der Waals surface area contributed by atoms with Crippen molar-refractivity contribution in [2.24, 2.45) is 5.92 Å². The smallest absolute Gasteiger partial charge is 0.263 e. The molecule has 0 spiro atoms. The van der Waals surface area contributed by atoms with Crippen molar-refractivity contribution >= 4 is 17.2 Å². The van der Waals surface area contributed by atoms with Crippen molar-refractivity contribution in [2.75, 3.05) is 6.61 Å². The fraction of sp³-hybridized carbons (Fsp3) is 0.294. The highest BCUT2D eigenvalue weighted by atomic mass is 32.1. The van der Waals surface area contributed by atoms with Crippen LogP contribution >= 0.6 is 11.3 Å². The van der Waals surface area contributed by atoms with Gasteiger partial charge in [-0.25, -0.2) is 9.37 Å². The summed E-state index contributed by atoms with van der Waals surface area (Å²) >= 11 is 1.34. The first-order chi connectivity index (χ1) is 11.1. The molecule has 6 heteroatoms. The average Bonchev–Trinajstić information content (AvgIpc) is 3.19. The summed E-state index contributed by atoms with van der Waals surface area (Å²) in [6.07, 6.45) is 6.72. The lowest BCUT2D eigenvalue weighted by Crippen LogP contribution is -2.32. The van der Waals surface area contributed by atoms with Crippen LogP contribution in [-0.4, -0.2) is 28.6 Å². The van der Waals surface area contributed by atoms with Crippen LogP contribution in [0, 0.1) is 11.7 Å². The lowest BCUT2D eigenvalue weighted by Gasteiger charge is -2.11. The van der Waals surface area contributed by atoms with E-state index in [1.807, 2.05) is 12.2 Å². The maximum atomic E-state index is 12.9. The van der Waals surface area contributed by atoms with E-state index in [9.17, 15) is 9.18 Å². The first kappa shape index (κ1) is 15.8. The SMILES string of the molecule is O=C(N[C@@H]1C=C[C@H](CO)C1)c1cnc(Cc2ccc(F)cc2)s1. The Morgan fingerprint density at radius 1 is 1.35 bits per heavy atom. The zero-order valence-corrected chi connectivity index (χ0v) is 13.2. The minimum atomic E-state index is -0.265. The minimum absolute atomic E-state index is 0.0395. The topological polar surface area (TPSA) is 62.2 Å². The molecule has 0 saturated carbocycles. The zero-order chi connectivity index (χ0) is 16.2. The van der Waals surface area contributed by atoms with Crippen molar-refractivity contribution in [1.82, 2.24) is 10.3 Å². The van der Waals surface area contributed by atoms with Crippen LogP contribution in [0.1, 0.15) is 26.7 Å². The highest BCUT2D eigenvalue weighted by Gasteiger charge is 2.21. The molecule has 2 N–H and O–H groups in total. The van der Waals surface area contributed by atoms with Gasteiger partial charge in [0.15, 0.2) is 0 Å². The van der Waals surface area contributed by atoms with Crippen LogP contribution in [0.15, 0.2) is 42.6 Å². The molecule has 120 valence electrons. The molecule has 1 amide bonds. The average molecular weight is 332 g/mol. The van der Waals surface area contributed by atoms with E-state index in [1.165, 1.54) is 23.5 Å². The van der Waals surface area contributed by atoms with E-state index in [1.54, 1.807) is 18.3 Å². The van der Waals surface area contributed by atoms with Crippen LogP contribution in [0.4, 0.5) is 4.39 Å². The Hall–Kier alpha value is -2.05. The third-order valence-electron chi connectivity index (χ3n) is 3.77. The number of aliphatic hydroxyl groups excluding tert-OH is 1. The van der Waals surface area contributed by atoms with Gasteiger partial charge in [-0.05, 0) is 24.1 Å². The van der Waals surface area contributed by atoms with Gasteiger partial charge in [-0.1, -0.05) is 24.3 Å². The summed E-state index contributed by atoms with van der Waals surface area (Å²) in [5, 5.41) is 12.8. The Labute approximate surface area is 137 Å². The van der Waals surface area contributed by atoms with Gasteiger partial charge in [0.05, 0.1) is 11.2 Å². The number of aliphatic hydroxyl groups is 1. The molecule has 0 radical (unpaired) electrons. The number of aromatic nitrogens is 1. The number of hydrogen-bond donors (Lipinski definition) is 2. The Balaban J connectivity index is 1.59. The summed E-state index contributed by atoms with van der Waals surface area (Å²) in [5.41, 5.74) is 0.956. The summed E-state index contributed by atoms with van der Waals surface area (Å²) < 4.78 is 12.9. The number of benzene rings is 1. The molecule has 2 atom stereocenters. The van der Waals surface area contributed by atoms with E-state index in [0.29, 0.717) is 11.3 Å². The molecule has 1 aromatic heterocycles. The van der Waals surface area contributed by atoms with E-state index < -0.39 is 0 Å². The molecule has 23 heavy (non-hydrogen) atoms. The minimum Gasteiger partial charge on any atom is -0.396 e. The fourth-order valence-electron chi connectivity index (χ4n) is 2.53. The first-order valence-corrected chi connectivity index (χ1v) is 8.25. The van der Waals surface area contributed by atoms with Crippen LogP contribution in [0.25, 0.3) is 0 Å². The molecule has 3 rings (SSSR count). The number of halogens is 1. The second kappa shape index (κ2) is 7.02. The normalized spacial score (nSPS) is 19.9. The van der Waals surface area contributed by atoms with Crippen molar-refractivity contribution < 1.29 is 14.3 Å². The molecule has 0 unspecified atom stereocenters. The van der Waals surface area contributed by atoms with E-state index in [4.69, 9.17) is 5.11 Å². The van der Waals surface area contributed by atoms with Crippen LogP contribution in [0.3, 0.4) is 0 Å². The highest BCUT2D eigenvalue weighted by Crippen LogP contribution is 2.20. The van der Waals surface area contributed by atoms with Gasteiger partial charge in [0.25, 0.3) is 5.91 Å². The van der Waals surface area contributed by atoms with Gasteiger partial charge in [-0.3, -0.25) is 4.79 Å². The third kappa shape index (κ3) is 4.03. The Kier molecular flexibility index (Phi) is 4.83. The summed E-state index contributed by atoms with van der Waals surface area (Å²) in [6, 6.07) is 6.23. The van der Waals surface area contributed by atoms with Gasteiger partial charge >= 0.3 is 0 Å². The van der Waals surface area contributed by atoms with Crippen molar-refractivity contribution in [1.29, 1.82) is 0 Å². The second-order valence-electron chi connectivity index (χ2n) is 5.56. The monoisotopic (exact) mass is 332 g/mol. The van der Waals surface area contributed by atoms with Crippen molar-refractivity contribution in [2.45, 2.75) is 18.9 Å². The van der Waals surface area contributed by atoms with Gasteiger partial charge < -0.3 is 10.4 Å². The van der Waals surface area contributed by atoms with Gasteiger partial charge in [-0.2, -0.15) is 0 Å². The van der Waals surface area contributed by atoms with Crippen LogP contribution in [-0.2, 0) is 6.42 Å². The second-order valence-corrected chi connectivity index (χ2v) is 6.68. The molecular weight excluding hydrogens is 315 g/mol. The number of hydrogen-bond acceptors (Lipinski definition) is 4. The van der Waals surface area contributed by atoms with Crippen molar-refractivity contribution in [3.63, 3.8) is 0 Å². The van der Waals surface area contributed by atoms with Crippen LogP contribution in [0.5, 0.6) is 0 Å². The quantitative estimate of drug-likeness (QED) is 0.827. The van der Waals surface area contributed by atoms with Crippen LogP contribution < -0.4 is 5.32 Å². The highest BCUT2D eigenvalue weighted by molar-refractivity contribution is 7.13. The summed E-state index contributed by atoms with van der Waals surface area (Å²) in [6.45, 7) is 0.102. The Morgan fingerprint density at radius 2 is 2.13 bits per heavy atom. The molecular formula is C17H17FN2O2S. The summed E-state index contributed by atoms with van der Waals surface area (Å²) in [7, 11) is 0. The molecule has 0 bridgehead atoms. The van der Waals surface area contributed by atoms with Gasteiger partial charge in [0, 0.05) is 25.0 Å². The number of nitrogens with one attached hydrogen (secondary N) is 1. The third-order valence-corrected chi connectivity index (χ3v) is 4.77. The maximum Gasteiger partial charge on any atom is 0.263 e. The molecule has 1 aliphatic carbocycles. The summed E-state index contributed by atoms with van der Waals surface area (Å²) in [4.78, 5) is 17.0. The lowest BCUT2D eigenvalue weighted by molar-refractivity contribution is 0.0945. The zero-order valence-electron chi connectivity index (χ0n) is 12.4. The molecule has 0 fully saturated rings. The number of carbonyl (C=O) groups is 1. The van der Waals surface area contributed by atoms with Gasteiger partial charge in [0.1, 0.15) is 10.7 Å². The van der Waals surface area contributed by atoms with E-state index >= 15 is 0 Å². The predicted molar refractivity (Wildman–Crippen MR) is 86.9 cm³/mol. The van der Waals surface area contributed by atoms with E-state index in [2.05, 4.69) is 10.3 Å². The molecule has 0 saturated heterocycles. The van der Waals surface area contributed by atoms with E-state index in [-0.39, 0.29) is 30.3 Å². The molecule has 1 aliphatic rings. The predicted octanol–water partition coefficient (Wildman–Crippen LogP) is 2.54. The number of thiazole rings is 1. The Bertz CT molecular complexity index is 712. The number of amides is 1. The van der Waals surface area contributed by atoms with Crippen molar-refractivity contribution in [3.8, 4) is 0 Å². The number of rotatable bonds is 5. The summed E-state index contributed by atoms with van der Waals surface area (Å²) in [5.74, 6) is -0.296. The lowest BCUT2D eigenvalue weighted by atomic mass is 10.1. The number of nitrogens with zero attached hydrogens (tertiary/aromatic N) is 1. The van der Waals surface area contributed by atoms with Crippen LogP contribution in [0.2, 0.25) is 0 Å². The Morgan fingerprint density at radius 3 is 2.83 bits per heavy atom. The molecule has 0 aliphatic heterocycles. The number of carbonyl (C=O) groups excluding carboxylic acids is 1. The molecule has 4 nitrogen and oxygen atoms in total. The van der Waals surface area contributed by atoms with Gasteiger partial charge in [-0.15, -0.1) is 11.3 Å². The maximum absolute atomic E-state index is 12.9. The first-order valence-electron chi connectivity index (χ1n) is 7.43. The van der Waals surface area contributed by atoms with Crippen molar-refractivity contribution in [3.05, 3.63) is 63.9 Å². The van der Waals surface area contributed by atoms with Gasteiger partial charge in [0.2, 0.25) is 0 Å². The largest absolute Gasteiger partial charge is 0.396 e. The molecule has 2 aromatic rings. The molecule has 1 heterocycles. The van der Waals surface area contributed by atoms with E-state index in [0.717, 1.165) is 17.0 Å². The fourth-order valence-corrected chi connectivity index (χ4v) is 3.39.